The van der Waals surface area contributed by atoms with Gasteiger partial charge in [0.1, 0.15) is 0 Å². The van der Waals surface area contributed by atoms with Crippen molar-refractivity contribution in [3.05, 3.63) is 126 Å². The van der Waals surface area contributed by atoms with Crippen molar-refractivity contribution in [2.45, 2.75) is 20.6 Å². The number of anilines is 3. The largest absolute Gasteiger partial charge is 0.308 e. The van der Waals surface area contributed by atoms with Gasteiger partial charge in [-0.1, -0.05) is 108 Å². The van der Waals surface area contributed by atoms with Gasteiger partial charge in [-0.15, -0.1) is 0 Å². The molecule has 1 nitrogen and oxygen atoms in total. The maximum Gasteiger partial charge on any atom is 0.0643 e. The van der Waals surface area contributed by atoms with Gasteiger partial charge in [0.15, 0.2) is 0 Å². The molecule has 0 saturated carbocycles. The first-order valence-electron chi connectivity index (χ1n) is 15.3. The van der Waals surface area contributed by atoms with Gasteiger partial charge < -0.3 is 4.90 Å². The minimum Gasteiger partial charge on any atom is -0.308 e. The number of aryl methyl sites for hydroxylation is 3. The first-order chi connectivity index (χ1) is 20.8. The summed E-state index contributed by atoms with van der Waals surface area (Å²) in [5, 5.41) is 5.08. The van der Waals surface area contributed by atoms with Gasteiger partial charge >= 0.3 is 0 Å². The molecule has 186 valence electrons. The Morgan fingerprint density at radius 2 is 1.00 bits per heavy atom. The van der Waals surface area contributed by atoms with E-state index in [1.165, 1.54) is 0 Å². The third-order valence-electron chi connectivity index (χ3n) is 7.48. The van der Waals surface area contributed by atoms with E-state index < -0.39 is 25.8 Å². The Labute approximate surface area is 243 Å². The summed E-state index contributed by atoms with van der Waals surface area (Å²) in [6.07, 6.45) is 0. The van der Waals surface area contributed by atoms with Gasteiger partial charge in [-0.05, 0) is 73.2 Å². The van der Waals surface area contributed by atoms with Gasteiger partial charge in [0.2, 0.25) is 0 Å². The highest BCUT2D eigenvalue weighted by Gasteiger charge is 2.46. The zero-order valence-electron chi connectivity index (χ0n) is 26.6. The molecular weight excluding hydrogens is 536 g/mol. The van der Waals surface area contributed by atoms with Crippen molar-refractivity contribution >= 4 is 84.6 Å². The lowest BCUT2D eigenvalue weighted by Crippen LogP contribution is -2.46. The summed E-state index contributed by atoms with van der Waals surface area (Å²) in [5.41, 5.74) is 3.99. The highest BCUT2D eigenvalue weighted by Crippen LogP contribution is 2.60. The maximum atomic E-state index is 8.54. The first-order valence-corrected chi connectivity index (χ1v) is 17.9. The lowest BCUT2D eigenvalue weighted by Gasteiger charge is -2.47. The SMILES string of the molecule is [2H]C([2H])([2H])c1ccc2c(c1)P(=S)(c1ccccc1)c1cc(C([2H])([2H])[2H])cc3c1N2c1ccc(C)cc1P3(=S)c1ccccc1. The predicted molar refractivity (Wildman–Crippen MR) is 175 cm³/mol. The number of nitrogens with zero attached hydrogens (tertiary/aromatic N) is 1. The lowest BCUT2D eigenvalue weighted by molar-refractivity contribution is 1.29. The van der Waals surface area contributed by atoms with Crippen LogP contribution in [0.25, 0.3) is 0 Å². The summed E-state index contributed by atoms with van der Waals surface area (Å²) in [4.78, 5) is 2.16. The second-order valence-corrected chi connectivity index (χ2v) is 18.5. The van der Waals surface area contributed by atoms with Crippen LogP contribution in [0.2, 0.25) is 0 Å². The Hall–Kier alpha value is -2.80. The van der Waals surface area contributed by atoms with Crippen LogP contribution in [0, 0.1) is 20.6 Å². The van der Waals surface area contributed by atoms with Crippen molar-refractivity contribution in [1.82, 2.24) is 0 Å². The lowest BCUT2D eigenvalue weighted by atomic mass is 10.1. The van der Waals surface area contributed by atoms with E-state index in [-0.39, 0.29) is 11.1 Å². The molecule has 0 spiro atoms. The summed E-state index contributed by atoms with van der Waals surface area (Å²) < 4.78 is 50.3. The molecule has 2 aliphatic heterocycles. The molecule has 2 unspecified atom stereocenters. The van der Waals surface area contributed by atoms with E-state index in [0.29, 0.717) is 0 Å². The summed E-state index contributed by atoms with van der Waals surface area (Å²) in [6, 6.07) is 29.0. The monoisotopic (exact) mass is 569 g/mol. The molecule has 0 aromatic heterocycles. The molecule has 2 heterocycles. The molecule has 2 atom stereocenters. The van der Waals surface area contributed by atoms with E-state index in [4.69, 9.17) is 31.8 Å². The average Bonchev–Trinajstić information content (AvgIpc) is 3.00. The van der Waals surface area contributed by atoms with Gasteiger partial charge in [-0.25, -0.2) is 0 Å². The van der Waals surface area contributed by atoms with E-state index in [0.717, 1.165) is 54.5 Å². The fraction of sp³-hybridized carbons (Fsp3) is 0.0909. The molecule has 5 aromatic rings. The number of hydrogen-bond donors (Lipinski definition) is 0. The molecule has 0 radical (unpaired) electrons. The Morgan fingerprint density at radius 3 is 1.50 bits per heavy atom. The Morgan fingerprint density at radius 1 is 0.553 bits per heavy atom. The summed E-state index contributed by atoms with van der Waals surface area (Å²) in [5.74, 6) is 0. The van der Waals surface area contributed by atoms with Crippen LogP contribution in [0.5, 0.6) is 0 Å². The molecule has 38 heavy (non-hydrogen) atoms. The van der Waals surface area contributed by atoms with Crippen LogP contribution in [0.4, 0.5) is 17.1 Å². The minimum atomic E-state index is -2.99. The van der Waals surface area contributed by atoms with Crippen LogP contribution in [0.1, 0.15) is 24.9 Å². The van der Waals surface area contributed by atoms with E-state index >= 15 is 0 Å². The standard InChI is InChI=1S/C33H27NP2S2/c1-22-14-16-27-29(18-22)35(37,25-10-6-4-7-11-25)31-20-24(3)21-32-33(31)34(27)28-17-15-23(2)19-30(28)36(32,38)26-12-8-5-9-13-26/h4-21H,1-3H3/i1D3,3D3. The highest BCUT2D eigenvalue weighted by atomic mass is 32.4. The van der Waals surface area contributed by atoms with Crippen molar-refractivity contribution in [2.24, 2.45) is 0 Å². The number of hydrogen-bond acceptors (Lipinski definition) is 3. The van der Waals surface area contributed by atoms with Gasteiger partial charge in [0, 0.05) is 41.5 Å². The molecule has 0 fully saturated rings. The minimum absolute atomic E-state index is 0.188. The van der Waals surface area contributed by atoms with Crippen molar-refractivity contribution < 1.29 is 8.22 Å². The van der Waals surface area contributed by atoms with Gasteiger partial charge in [-0.2, -0.15) is 0 Å². The van der Waals surface area contributed by atoms with Crippen molar-refractivity contribution in [2.75, 3.05) is 4.90 Å². The van der Waals surface area contributed by atoms with Crippen molar-refractivity contribution in [1.29, 1.82) is 0 Å². The molecule has 7 rings (SSSR count). The summed E-state index contributed by atoms with van der Waals surface area (Å²) in [6.45, 7) is -2.73. The average molecular weight is 570 g/mol. The molecular formula is C33H27NP2S2. The second kappa shape index (κ2) is 8.60. The summed E-state index contributed by atoms with van der Waals surface area (Å²) >= 11 is 13.6. The molecule has 0 N–H and O–H groups in total. The van der Waals surface area contributed by atoms with E-state index in [1.54, 1.807) is 24.3 Å². The van der Waals surface area contributed by atoms with Crippen molar-refractivity contribution in [3.63, 3.8) is 0 Å². The molecule has 5 aromatic carbocycles. The van der Waals surface area contributed by atoms with Crippen LogP contribution in [0.3, 0.4) is 0 Å². The van der Waals surface area contributed by atoms with Crippen LogP contribution < -0.4 is 36.7 Å². The van der Waals surface area contributed by atoms with Gasteiger partial charge in [0.25, 0.3) is 0 Å². The Balaban J connectivity index is 1.72. The van der Waals surface area contributed by atoms with Gasteiger partial charge in [-0.3, -0.25) is 0 Å². The number of rotatable bonds is 2. The topological polar surface area (TPSA) is 3.24 Å². The van der Waals surface area contributed by atoms with E-state index in [1.807, 2.05) is 73.7 Å². The molecule has 0 saturated heterocycles. The molecule has 0 bridgehead atoms. The first kappa shape index (κ1) is 18.5. The Bertz CT molecular complexity index is 2070. The number of fused-ring (bicyclic) bond motifs is 4. The molecule has 0 amide bonds. The normalized spacial score (nSPS) is 23.9. The Kier molecular flexibility index (Phi) is 4.18. The number of benzene rings is 5. The van der Waals surface area contributed by atoms with Crippen LogP contribution in [-0.4, -0.2) is 0 Å². The fourth-order valence-electron chi connectivity index (χ4n) is 5.82. The fourth-order valence-corrected chi connectivity index (χ4v) is 14.5. The smallest absolute Gasteiger partial charge is 0.0643 e. The van der Waals surface area contributed by atoms with Crippen LogP contribution in [-0.2, 0) is 23.6 Å². The van der Waals surface area contributed by atoms with E-state index in [9.17, 15) is 0 Å². The van der Waals surface area contributed by atoms with Gasteiger partial charge in [0.05, 0.1) is 17.1 Å². The molecule has 0 aliphatic carbocycles. The highest BCUT2D eigenvalue weighted by molar-refractivity contribution is 8.27. The molecule has 2 aliphatic rings. The van der Waals surface area contributed by atoms with Crippen LogP contribution in [0.15, 0.2) is 109 Å². The van der Waals surface area contributed by atoms with Crippen LogP contribution >= 0.6 is 12.1 Å². The molecule has 5 heteroatoms. The zero-order chi connectivity index (χ0) is 31.2. The zero-order valence-corrected chi connectivity index (χ0v) is 24.0. The maximum absolute atomic E-state index is 8.54. The predicted octanol–water partition coefficient (Wildman–Crippen LogP) is 6.22. The van der Waals surface area contributed by atoms with Crippen molar-refractivity contribution in [3.8, 4) is 0 Å². The van der Waals surface area contributed by atoms with E-state index in [2.05, 4.69) is 23.1 Å². The third kappa shape index (κ3) is 3.23. The summed E-state index contributed by atoms with van der Waals surface area (Å²) in [7, 11) is 0. The third-order valence-corrected chi connectivity index (χ3v) is 17.3. The quantitative estimate of drug-likeness (QED) is 0.228. The second-order valence-electron chi connectivity index (χ2n) is 9.78.